The number of ether oxygens (including phenoxy) is 3. The summed E-state index contributed by atoms with van der Waals surface area (Å²) in [7, 11) is -5.12. The maximum absolute atomic E-state index is 12.8. The summed E-state index contributed by atoms with van der Waals surface area (Å²) in [6.45, 7) is 3.25. The fraction of sp³-hybridized carbons (Fsp3) is 0.907. The van der Waals surface area contributed by atoms with Gasteiger partial charge in [-0.15, -0.1) is 0 Å². The second kappa shape index (κ2) is 31.4. The highest BCUT2D eigenvalue weighted by atomic mass is 31.2. The first kappa shape index (κ1) is 52.7. The quantitative estimate of drug-likeness (QED) is 0.0120. The van der Waals surface area contributed by atoms with E-state index in [0.717, 1.165) is 64.2 Å². The Morgan fingerprint density at radius 3 is 1.66 bits per heavy atom. The minimum atomic E-state index is -5.12. The molecule has 340 valence electrons. The lowest BCUT2D eigenvalue weighted by Crippen LogP contribution is -2.64. The molecule has 2 rings (SSSR count). The molecule has 1 saturated heterocycles. The monoisotopic (exact) mass is 851 g/mol. The SMILES string of the molecule is CCCCC/C=C\CC1OC1CCCCCCCC(=O)O[C@H](COC(=O)CCCCCCCCCCCCCCC)COP(=O)(O)OC1[C@H](O)[C@H](O)C(O)[C@H](O)[C@H]1O. The number of hydrogen-bond donors (Lipinski definition) is 6. The van der Waals surface area contributed by atoms with Crippen molar-refractivity contribution < 1.29 is 67.8 Å². The van der Waals surface area contributed by atoms with Gasteiger partial charge in [-0.25, -0.2) is 4.57 Å². The van der Waals surface area contributed by atoms with E-state index < -0.39 is 75.7 Å². The van der Waals surface area contributed by atoms with Crippen LogP contribution >= 0.6 is 7.82 Å². The molecule has 58 heavy (non-hydrogen) atoms. The number of carbonyl (C=O) groups excluding carboxylic acids is 2. The summed E-state index contributed by atoms with van der Waals surface area (Å²) < 4.78 is 39.3. The van der Waals surface area contributed by atoms with Crippen molar-refractivity contribution in [3.8, 4) is 0 Å². The van der Waals surface area contributed by atoms with Crippen LogP contribution in [0.15, 0.2) is 12.2 Å². The Bertz CT molecular complexity index is 1140. The number of aliphatic hydroxyl groups is 5. The van der Waals surface area contributed by atoms with E-state index in [9.17, 15) is 44.6 Å². The standard InChI is InChI=1S/C43H79O14P/c1-3-5-7-9-11-12-13-14-15-16-17-21-25-29-36(44)53-31-33(32-54-58(51,52)57-43-41(49)39(47)38(46)40(48)42(43)50)55-37(45)30-26-22-18-20-24-28-35-34(56-35)27-23-19-10-8-6-4-2/h19,23,33-35,38-43,46-50H,3-18,20-22,24-32H2,1-2H3,(H,51,52)/b23-19-/t33-,34?,35?,38?,39-,40+,41-,42-,43?/m1/s1. The van der Waals surface area contributed by atoms with E-state index in [1.165, 1.54) is 77.0 Å². The summed E-state index contributed by atoms with van der Waals surface area (Å²) in [6.07, 6.45) is 18.6. The summed E-state index contributed by atoms with van der Waals surface area (Å²) >= 11 is 0. The molecule has 0 amide bonds. The lowest BCUT2D eigenvalue weighted by molar-refractivity contribution is -0.220. The Balaban J connectivity index is 1.72. The molecule has 0 aromatic carbocycles. The van der Waals surface area contributed by atoms with Crippen LogP contribution < -0.4 is 0 Å². The van der Waals surface area contributed by atoms with Crippen LogP contribution in [0.3, 0.4) is 0 Å². The molecule has 5 unspecified atom stereocenters. The minimum Gasteiger partial charge on any atom is -0.462 e. The van der Waals surface area contributed by atoms with E-state index in [4.69, 9.17) is 23.3 Å². The molecule has 2 aliphatic rings. The molecule has 1 aliphatic carbocycles. The summed E-state index contributed by atoms with van der Waals surface area (Å²) in [5.41, 5.74) is 0. The molecule has 1 heterocycles. The van der Waals surface area contributed by atoms with Gasteiger partial charge in [0.25, 0.3) is 0 Å². The summed E-state index contributed by atoms with van der Waals surface area (Å²) in [6, 6.07) is 0. The number of esters is 2. The minimum absolute atomic E-state index is 0.0770. The lowest BCUT2D eigenvalue weighted by Gasteiger charge is -2.41. The maximum atomic E-state index is 12.8. The highest BCUT2D eigenvalue weighted by Crippen LogP contribution is 2.47. The zero-order chi connectivity index (χ0) is 42.6. The number of unbranched alkanes of at least 4 members (excludes halogenated alkanes) is 19. The summed E-state index contributed by atoms with van der Waals surface area (Å²) in [4.78, 5) is 35.7. The van der Waals surface area contributed by atoms with Crippen LogP contribution in [0, 0.1) is 0 Å². The van der Waals surface area contributed by atoms with Crippen LogP contribution in [0.1, 0.15) is 181 Å². The number of hydrogen-bond acceptors (Lipinski definition) is 13. The fourth-order valence-corrected chi connectivity index (χ4v) is 8.21. The van der Waals surface area contributed by atoms with Crippen LogP contribution in [-0.4, -0.2) is 111 Å². The normalized spacial score (nSPS) is 26.1. The molecule has 6 N–H and O–H groups in total. The van der Waals surface area contributed by atoms with Gasteiger partial charge in [-0.3, -0.25) is 18.6 Å². The van der Waals surface area contributed by atoms with E-state index in [1.54, 1.807) is 0 Å². The molecule has 14 nitrogen and oxygen atoms in total. The van der Waals surface area contributed by atoms with Gasteiger partial charge in [0, 0.05) is 12.8 Å². The molecule has 15 heteroatoms. The van der Waals surface area contributed by atoms with Crippen molar-refractivity contribution in [3.63, 3.8) is 0 Å². The third-order valence-electron chi connectivity index (χ3n) is 11.0. The number of allylic oxidation sites excluding steroid dienone is 1. The van der Waals surface area contributed by atoms with Gasteiger partial charge < -0.3 is 44.6 Å². The lowest BCUT2D eigenvalue weighted by atomic mass is 9.85. The molecule has 10 atom stereocenters. The first-order valence-electron chi connectivity index (χ1n) is 22.6. The molecule has 1 saturated carbocycles. The first-order chi connectivity index (χ1) is 27.9. The van der Waals surface area contributed by atoms with Gasteiger partial charge >= 0.3 is 19.8 Å². The molecule has 0 radical (unpaired) electrons. The van der Waals surface area contributed by atoms with Crippen molar-refractivity contribution >= 4 is 19.8 Å². The van der Waals surface area contributed by atoms with Crippen molar-refractivity contribution in [2.45, 2.75) is 236 Å². The molecule has 2 fully saturated rings. The average Bonchev–Trinajstić information content (AvgIpc) is 3.96. The Hall–Kier alpha value is -1.45. The molecule has 0 bridgehead atoms. The van der Waals surface area contributed by atoms with Gasteiger partial charge in [0.15, 0.2) is 6.10 Å². The van der Waals surface area contributed by atoms with E-state index in [-0.39, 0.29) is 12.8 Å². The van der Waals surface area contributed by atoms with Crippen LogP contribution in [0.5, 0.6) is 0 Å². The average molecular weight is 851 g/mol. The largest absolute Gasteiger partial charge is 0.472 e. The van der Waals surface area contributed by atoms with Crippen molar-refractivity contribution in [2.75, 3.05) is 13.2 Å². The Morgan fingerprint density at radius 1 is 0.603 bits per heavy atom. The molecular weight excluding hydrogens is 771 g/mol. The van der Waals surface area contributed by atoms with Crippen molar-refractivity contribution in [1.29, 1.82) is 0 Å². The van der Waals surface area contributed by atoms with E-state index in [0.29, 0.717) is 25.0 Å². The molecule has 0 spiro atoms. The van der Waals surface area contributed by atoms with Crippen LogP contribution in [0.2, 0.25) is 0 Å². The third-order valence-corrected chi connectivity index (χ3v) is 12.0. The summed E-state index contributed by atoms with van der Waals surface area (Å²) in [5, 5.41) is 50.1. The zero-order valence-electron chi connectivity index (χ0n) is 35.5. The van der Waals surface area contributed by atoms with Crippen molar-refractivity contribution in [2.24, 2.45) is 0 Å². The fourth-order valence-electron chi connectivity index (χ4n) is 7.24. The van der Waals surface area contributed by atoms with Crippen molar-refractivity contribution in [1.82, 2.24) is 0 Å². The van der Waals surface area contributed by atoms with Crippen molar-refractivity contribution in [3.05, 3.63) is 12.2 Å². The number of aliphatic hydroxyl groups excluding tert-OH is 5. The summed E-state index contributed by atoms with van der Waals surface area (Å²) in [5.74, 6) is -1.12. The predicted molar refractivity (Wildman–Crippen MR) is 221 cm³/mol. The first-order valence-corrected chi connectivity index (χ1v) is 24.1. The van der Waals surface area contributed by atoms with Crippen LogP contribution in [0.4, 0.5) is 0 Å². The number of phosphoric acid groups is 1. The van der Waals surface area contributed by atoms with Crippen LogP contribution in [0.25, 0.3) is 0 Å². The Morgan fingerprint density at radius 2 is 1.09 bits per heavy atom. The maximum Gasteiger partial charge on any atom is 0.472 e. The predicted octanol–water partition coefficient (Wildman–Crippen LogP) is 7.27. The van der Waals surface area contributed by atoms with Gasteiger partial charge in [0.2, 0.25) is 0 Å². The number of rotatable bonds is 36. The molecule has 0 aromatic rings. The van der Waals surface area contributed by atoms with E-state index >= 15 is 0 Å². The van der Waals surface area contributed by atoms with E-state index in [2.05, 4.69) is 26.0 Å². The number of epoxide rings is 1. The van der Waals surface area contributed by atoms with Gasteiger partial charge in [0.05, 0.1) is 18.8 Å². The highest BCUT2D eigenvalue weighted by Gasteiger charge is 2.51. The number of phosphoric ester groups is 1. The smallest absolute Gasteiger partial charge is 0.462 e. The van der Waals surface area contributed by atoms with Gasteiger partial charge in [-0.1, -0.05) is 142 Å². The zero-order valence-corrected chi connectivity index (χ0v) is 36.4. The van der Waals surface area contributed by atoms with Gasteiger partial charge in [-0.2, -0.15) is 0 Å². The third kappa shape index (κ3) is 23.5. The number of carbonyl (C=O) groups is 2. The molecular formula is C43H79O14P. The molecule has 1 aliphatic heterocycles. The second-order valence-corrected chi connectivity index (χ2v) is 17.7. The van der Waals surface area contributed by atoms with E-state index in [1.807, 2.05) is 0 Å². The van der Waals surface area contributed by atoms with Gasteiger partial charge in [-0.05, 0) is 38.5 Å². The second-order valence-electron chi connectivity index (χ2n) is 16.3. The Kier molecular flexibility index (Phi) is 28.5. The highest BCUT2D eigenvalue weighted by molar-refractivity contribution is 7.47. The topological polar surface area (TPSA) is 222 Å². The van der Waals surface area contributed by atoms with Crippen LogP contribution in [-0.2, 0) is 37.4 Å². The van der Waals surface area contributed by atoms with Gasteiger partial charge in [0.1, 0.15) is 43.2 Å². The molecule has 0 aromatic heterocycles. The Labute approximate surface area is 348 Å².